The standard InChI is InChI=1S/C12H16N4/c1-8(9-6-13-7-9)11-15-10-4-3-5-14-12(10)16(11)2/h3-5,8-9,13H,6-7H2,1-2H3. The zero-order valence-electron chi connectivity index (χ0n) is 9.64. The van der Waals surface area contributed by atoms with Crippen molar-refractivity contribution in [3.05, 3.63) is 24.2 Å². The van der Waals surface area contributed by atoms with E-state index in [1.165, 1.54) is 0 Å². The van der Waals surface area contributed by atoms with Crippen LogP contribution in [0.5, 0.6) is 0 Å². The topological polar surface area (TPSA) is 42.7 Å². The average Bonchev–Trinajstić information content (AvgIpc) is 2.54. The van der Waals surface area contributed by atoms with Gasteiger partial charge in [-0.2, -0.15) is 0 Å². The van der Waals surface area contributed by atoms with Crippen molar-refractivity contribution >= 4 is 11.2 Å². The zero-order chi connectivity index (χ0) is 11.1. The molecule has 1 saturated heterocycles. The monoisotopic (exact) mass is 216 g/mol. The van der Waals surface area contributed by atoms with E-state index in [9.17, 15) is 0 Å². The van der Waals surface area contributed by atoms with Crippen molar-refractivity contribution in [3.8, 4) is 0 Å². The lowest BCUT2D eigenvalue weighted by Gasteiger charge is -2.32. The van der Waals surface area contributed by atoms with Gasteiger partial charge in [0.15, 0.2) is 5.65 Å². The highest BCUT2D eigenvalue weighted by molar-refractivity contribution is 5.71. The van der Waals surface area contributed by atoms with Gasteiger partial charge in [0.1, 0.15) is 11.3 Å². The van der Waals surface area contributed by atoms with Crippen molar-refractivity contribution in [2.75, 3.05) is 13.1 Å². The lowest BCUT2D eigenvalue weighted by Crippen LogP contribution is -2.45. The normalized spacial score (nSPS) is 18.6. The molecular weight excluding hydrogens is 200 g/mol. The third-order valence-corrected chi connectivity index (χ3v) is 3.59. The minimum Gasteiger partial charge on any atom is -0.316 e. The van der Waals surface area contributed by atoms with Crippen LogP contribution >= 0.6 is 0 Å². The van der Waals surface area contributed by atoms with Crippen LogP contribution in [0.2, 0.25) is 0 Å². The molecule has 1 atom stereocenters. The second-order valence-corrected chi connectivity index (χ2v) is 4.58. The Labute approximate surface area is 94.7 Å². The summed E-state index contributed by atoms with van der Waals surface area (Å²) in [4.78, 5) is 9.06. The van der Waals surface area contributed by atoms with Gasteiger partial charge in [-0.15, -0.1) is 0 Å². The maximum atomic E-state index is 4.69. The summed E-state index contributed by atoms with van der Waals surface area (Å²) in [5.74, 6) is 2.37. The largest absolute Gasteiger partial charge is 0.316 e. The molecule has 1 fully saturated rings. The van der Waals surface area contributed by atoms with Crippen LogP contribution < -0.4 is 5.32 Å². The SMILES string of the molecule is CC(c1nc2cccnc2n1C)C1CNC1. The molecule has 2 aromatic rings. The number of imidazole rings is 1. The summed E-state index contributed by atoms with van der Waals surface area (Å²) < 4.78 is 2.12. The maximum Gasteiger partial charge on any atom is 0.159 e. The fourth-order valence-corrected chi connectivity index (χ4v) is 2.32. The summed E-state index contributed by atoms with van der Waals surface area (Å²) in [5.41, 5.74) is 1.98. The molecule has 16 heavy (non-hydrogen) atoms. The van der Waals surface area contributed by atoms with Gasteiger partial charge in [-0.05, 0) is 31.1 Å². The van der Waals surface area contributed by atoms with Crippen molar-refractivity contribution in [2.24, 2.45) is 13.0 Å². The lowest BCUT2D eigenvalue weighted by molar-refractivity contribution is 0.293. The number of pyridine rings is 1. The van der Waals surface area contributed by atoms with Gasteiger partial charge in [0.2, 0.25) is 0 Å². The third-order valence-electron chi connectivity index (χ3n) is 3.59. The Bertz CT molecular complexity index is 513. The predicted molar refractivity (Wildman–Crippen MR) is 63.3 cm³/mol. The van der Waals surface area contributed by atoms with Crippen LogP contribution in [-0.4, -0.2) is 27.6 Å². The van der Waals surface area contributed by atoms with E-state index in [1.807, 2.05) is 18.3 Å². The molecule has 1 N–H and O–H groups in total. The smallest absolute Gasteiger partial charge is 0.159 e. The number of hydrogen-bond donors (Lipinski definition) is 1. The van der Waals surface area contributed by atoms with Crippen LogP contribution in [-0.2, 0) is 7.05 Å². The summed E-state index contributed by atoms with van der Waals surface area (Å²) in [5, 5.41) is 3.31. The second kappa shape index (κ2) is 3.56. The van der Waals surface area contributed by atoms with Crippen molar-refractivity contribution in [2.45, 2.75) is 12.8 Å². The van der Waals surface area contributed by atoms with E-state index >= 15 is 0 Å². The number of fused-ring (bicyclic) bond motifs is 1. The van der Waals surface area contributed by atoms with Crippen molar-refractivity contribution in [3.63, 3.8) is 0 Å². The molecule has 0 radical (unpaired) electrons. The Morgan fingerprint density at radius 2 is 2.31 bits per heavy atom. The Balaban J connectivity index is 2.05. The molecule has 4 heteroatoms. The molecule has 3 rings (SSSR count). The van der Waals surface area contributed by atoms with E-state index in [1.54, 1.807) is 0 Å². The molecule has 0 aromatic carbocycles. The quantitative estimate of drug-likeness (QED) is 0.822. The van der Waals surface area contributed by atoms with E-state index < -0.39 is 0 Å². The van der Waals surface area contributed by atoms with E-state index in [2.05, 4.69) is 33.8 Å². The fraction of sp³-hybridized carbons (Fsp3) is 0.500. The molecule has 1 aliphatic rings. The van der Waals surface area contributed by atoms with Crippen LogP contribution in [0.1, 0.15) is 18.7 Å². The van der Waals surface area contributed by atoms with Gasteiger partial charge >= 0.3 is 0 Å². The molecule has 4 nitrogen and oxygen atoms in total. The second-order valence-electron chi connectivity index (χ2n) is 4.58. The Hall–Kier alpha value is -1.42. The Kier molecular flexibility index (Phi) is 2.17. The molecule has 2 aromatic heterocycles. The molecule has 3 heterocycles. The molecule has 0 bridgehead atoms. The first-order chi connectivity index (χ1) is 7.77. The van der Waals surface area contributed by atoms with Crippen LogP contribution in [0.15, 0.2) is 18.3 Å². The van der Waals surface area contributed by atoms with E-state index in [0.29, 0.717) is 5.92 Å². The first-order valence-corrected chi connectivity index (χ1v) is 5.75. The first kappa shape index (κ1) is 9.78. The van der Waals surface area contributed by atoms with Crippen LogP contribution in [0.25, 0.3) is 11.2 Å². The number of hydrogen-bond acceptors (Lipinski definition) is 3. The van der Waals surface area contributed by atoms with Gasteiger partial charge in [-0.1, -0.05) is 6.92 Å². The number of nitrogens with one attached hydrogen (secondary N) is 1. The van der Waals surface area contributed by atoms with Crippen molar-refractivity contribution in [1.82, 2.24) is 19.9 Å². The number of aryl methyl sites for hydroxylation is 1. The molecule has 0 spiro atoms. The minimum atomic E-state index is 0.500. The maximum absolute atomic E-state index is 4.69. The lowest BCUT2D eigenvalue weighted by atomic mass is 9.88. The van der Waals surface area contributed by atoms with Crippen LogP contribution in [0, 0.1) is 5.92 Å². The molecule has 1 aliphatic heterocycles. The molecular formula is C12H16N4. The highest BCUT2D eigenvalue weighted by atomic mass is 15.1. The molecule has 0 aliphatic carbocycles. The van der Waals surface area contributed by atoms with Crippen molar-refractivity contribution in [1.29, 1.82) is 0 Å². The van der Waals surface area contributed by atoms with Gasteiger partial charge < -0.3 is 9.88 Å². The van der Waals surface area contributed by atoms with Gasteiger partial charge in [0.25, 0.3) is 0 Å². The van der Waals surface area contributed by atoms with Crippen LogP contribution in [0.4, 0.5) is 0 Å². The molecule has 0 amide bonds. The highest BCUT2D eigenvalue weighted by Gasteiger charge is 2.28. The summed E-state index contributed by atoms with van der Waals surface area (Å²) in [6.07, 6.45) is 1.82. The first-order valence-electron chi connectivity index (χ1n) is 5.75. The number of aromatic nitrogens is 3. The van der Waals surface area contributed by atoms with E-state index in [0.717, 1.165) is 36.0 Å². The molecule has 0 saturated carbocycles. The predicted octanol–water partition coefficient (Wildman–Crippen LogP) is 1.29. The Morgan fingerprint density at radius 1 is 1.50 bits per heavy atom. The Morgan fingerprint density at radius 3 is 2.94 bits per heavy atom. The van der Waals surface area contributed by atoms with Crippen LogP contribution in [0.3, 0.4) is 0 Å². The molecule has 84 valence electrons. The number of rotatable bonds is 2. The average molecular weight is 216 g/mol. The van der Waals surface area contributed by atoms with E-state index in [4.69, 9.17) is 0 Å². The summed E-state index contributed by atoms with van der Waals surface area (Å²) in [7, 11) is 2.06. The highest BCUT2D eigenvalue weighted by Crippen LogP contribution is 2.27. The molecule has 1 unspecified atom stereocenters. The fourth-order valence-electron chi connectivity index (χ4n) is 2.32. The number of nitrogens with zero attached hydrogens (tertiary/aromatic N) is 3. The third kappa shape index (κ3) is 1.33. The summed E-state index contributed by atoms with van der Waals surface area (Å²) >= 11 is 0. The van der Waals surface area contributed by atoms with E-state index in [-0.39, 0.29) is 0 Å². The summed E-state index contributed by atoms with van der Waals surface area (Å²) in [6.45, 7) is 4.47. The van der Waals surface area contributed by atoms with Gasteiger partial charge in [0, 0.05) is 19.2 Å². The van der Waals surface area contributed by atoms with Gasteiger partial charge in [-0.3, -0.25) is 0 Å². The minimum absolute atomic E-state index is 0.500. The summed E-state index contributed by atoms with van der Waals surface area (Å²) in [6, 6.07) is 3.96. The zero-order valence-corrected chi connectivity index (χ0v) is 9.64. The van der Waals surface area contributed by atoms with Crippen molar-refractivity contribution < 1.29 is 0 Å². The van der Waals surface area contributed by atoms with Gasteiger partial charge in [-0.25, -0.2) is 9.97 Å². The van der Waals surface area contributed by atoms with Gasteiger partial charge in [0.05, 0.1) is 0 Å².